The third-order valence-corrected chi connectivity index (χ3v) is 4.00. The minimum absolute atomic E-state index is 0.0286. The summed E-state index contributed by atoms with van der Waals surface area (Å²) in [5.74, 6) is -1.09. The van der Waals surface area contributed by atoms with E-state index in [1.807, 2.05) is 31.2 Å². The first-order valence-corrected chi connectivity index (χ1v) is 7.25. The van der Waals surface area contributed by atoms with Gasteiger partial charge in [-0.05, 0) is 31.7 Å². The second-order valence-corrected chi connectivity index (χ2v) is 5.84. The number of carbonyl (C=O) groups is 2. The summed E-state index contributed by atoms with van der Waals surface area (Å²) in [4.78, 5) is 24.7. The van der Waals surface area contributed by atoms with E-state index in [-0.39, 0.29) is 18.0 Å². The SMILES string of the molecule is Cc1ccc(CN(C)C(=O)N[C@H]2CC[C@@H](C(=O)O)C2)cc1. The van der Waals surface area contributed by atoms with Crippen LogP contribution in [0.5, 0.6) is 0 Å². The van der Waals surface area contributed by atoms with Gasteiger partial charge in [-0.1, -0.05) is 29.8 Å². The van der Waals surface area contributed by atoms with E-state index in [0.717, 1.165) is 12.0 Å². The molecule has 5 nitrogen and oxygen atoms in total. The first kappa shape index (κ1) is 15.4. The lowest BCUT2D eigenvalue weighted by Gasteiger charge is -2.21. The van der Waals surface area contributed by atoms with Gasteiger partial charge in [0, 0.05) is 19.6 Å². The van der Waals surface area contributed by atoms with Crippen LogP contribution in [0.15, 0.2) is 24.3 Å². The Morgan fingerprint density at radius 1 is 1.29 bits per heavy atom. The molecule has 0 aliphatic heterocycles. The molecule has 0 spiro atoms. The zero-order chi connectivity index (χ0) is 15.4. The second-order valence-electron chi connectivity index (χ2n) is 5.84. The summed E-state index contributed by atoms with van der Waals surface area (Å²) in [7, 11) is 1.75. The highest BCUT2D eigenvalue weighted by atomic mass is 16.4. The largest absolute Gasteiger partial charge is 0.481 e. The van der Waals surface area contributed by atoms with Gasteiger partial charge in [0.25, 0.3) is 0 Å². The molecule has 1 aliphatic carbocycles. The van der Waals surface area contributed by atoms with Gasteiger partial charge in [0.15, 0.2) is 0 Å². The number of benzene rings is 1. The topological polar surface area (TPSA) is 69.6 Å². The fourth-order valence-corrected chi connectivity index (χ4v) is 2.66. The van der Waals surface area contributed by atoms with Gasteiger partial charge in [-0.25, -0.2) is 4.79 Å². The molecule has 114 valence electrons. The molecule has 5 heteroatoms. The van der Waals surface area contributed by atoms with Gasteiger partial charge in [0.05, 0.1) is 5.92 Å². The lowest BCUT2D eigenvalue weighted by molar-refractivity contribution is -0.141. The number of amides is 2. The van der Waals surface area contributed by atoms with E-state index in [9.17, 15) is 9.59 Å². The third kappa shape index (κ3) is 4.21. The molecule has 2 N–H and O–H groups in total. The molecule has 2 atom stereocenters. The van der Waals surface area contributed by atoms with Crippen molar-refractivity contribution >= 4 is 12.0 Å². The quantitative estimate of drug-likeness (QED) is 0.894. The number of hydrogen-bond acceptors (Lipinski definition) is 2. The molecule has 1 aromatic carbocycles. The molecule has 0 radical (unpaired) electrons. The number of aryl methyl sites for hydroxylation is 1. The van der Waals surface area contributed by atoms with Gasteiger partial charge in [-0.3, -0.25) is 4.79 Å². The fraction of sp³-hybridized carbons (Fsp3) is 0.500. The van der Waals surface area contributed by atoms with Gasteiger partial charge in [0.1, 0.15) is 0 Å². The zero-order valence-corrected chi connectivity index (χ0v) is 12.5. The summed E-state index contributed by atoms with van der Waals surface area (Å²) >= 11 is 0. The molecular weight excluding hydrogens is 268 g/mol. The minimum Gasteiger partial charge on any atom is -0.481 e. The highest BCUT2D eigenvalue weighted by Crippen LogP contribution is 2.25. The maximum atomic E-state index is 12.1. The number of rotatable bonds is 4. The summed E-state index contributed by atoms with van der Waals surface area (Å²) < 4.78 is 0. The Balaban J connectivity index is 1.83. The number of urea groups is 1. The van der Waals surface area contributed by atoms with Crippen LogP contribution in [0.25, 0.3) is 0 Å². The van der Waals surface area contributed by atoms with E-state index < -0.39 is 5.97 Å². The van der Waals surface area contributed by atoms with E-state index in [1.165, 1.54) is 5.56 Å². The van der Waals surface area contributed by atoms with E-state index >= 15 is 0 Å². The zero-order valence-electron chi connectivity index (χ0n) is 12.5. The molecule has 0 aromatic heterocycles. The van der Waals surface area contributed by atoms with Crippen LogP contribution in [0.4, 0.5) is 4.79 Å². The molecule has 2 amide bonds. The number of nitrogens with zero attached hydrogens (tertiary/aromatic N) is 1. The molecule has 21 heavy (non-hydrogen) atoms. The van der Waals surface area contributed by atoms with Gasteiger partial charge < -0.3 is 15.3 Å². The van der Waals surface area contributed by atoms with Crippen molar-refractivity contribution in [2.24, 2.45) is 5.92 Å². The first-order valence-electron chi connectivity index (χ1n) is 7.25. The number of aliphatic carboxylic acids is 1. The van der Waals surface area contributed by atoms with Crippen LogP contribution >= 0.6 is 0 Å². The maximum absolute atomic E-state index is 12.1. The van der Waals surface area contributed by atoms with Crippen LogP contribution in [0.2, 0.25) is 0 Å². The lowest BCUT2D eigenvalue weighted by Crippen LogP contribution is -2.41. The molecule has 0 saturated heterocycles. The molecular formula is C16H22N2O3. The van der Waals surface area contributed by atoms with Crippen LogP contribution < -0.4 is 5.32 Å². The van der Waals surface area contributed by atoms with Crippen molar-refractivity contribution in [2.45, 2.75) is 38.8 Å². The molecule has 1 aromatic rings. The highest BCUT2D eigenvalue weighted by Gasteiger charge is 2.30. The normalized spacial score (nSPS) is 21.0. The molecule has 1 saturated carbocycles. The molecule has 0 bridgehead atoms. The summed E-state index contributed by atoms with van der Waals surface area (Å²) in [6.45, 7) is 2.57. The predicted molar refractivity (Wildman–Crippen MR) is 79.9 cm³/mol. The lowest BCUT2D eigenvalue weighted by atomic mass is 10.1. The van der Waals surface area contributed by atoms with E-state index in [0.29, 0.717) is 19.4 Å². The highest BCUT2D eigenvalue weighted by molar-refractivity contribution is 5.75. The third-order valence-electron chi connectivity index (χ3n) is 4.00. The molecule has 1 aliphatic rings. The molecule has 1 fully saturated rings. The van der Waals surface area contributed by atoms with Crippen molar-refractivity contribution in [1.29, 1.82) is 0 Å². The minimum atomic E-state index is -0.764. The van der Waals surface area contributed by atoms with Gasteiger partial charge in [0.2, 0.25) is 0 Å². The molecule has 0 heterocycles. The monoisotopic (exact) mass is 290 g/mol. The number of nitrogens with one attached hydrogen (secondary N) is 1. The Hall–Kier alpha value is -2.04. The van der Waals surface area contributed by atoms with Crippen LogP contribution in [0.3, 0.4) is 0 Å². The van der Waals surface area contributed by atoms with E-state index in [1.54, 1.807) is 11.9 Å². The van der Waals surface area contributed by atoms with Crippen LogP contribution in [-0.2, 0) is 11.3 Å². The van der Waals surface area contributed by atoms with Crippen molar-refractivity contribution in [1.82, 2.24) is 10.2 Å². The van der Waals surface area contributed by atoms with Crippen LogP contribution in [0.1, 0.15) is 30.4 Å². The second kappa shape index (κ2) is 6.61. The summed E-state index contributed by atoms with van der Waals surface area (Å²) in [5, 5.41) is 11.9. The summed E-state index contributed by atoms with van der Waals surface area (Å²) in [6.07, 6.45) is 1.91. The van der Waals surface area contributed by atoms with Gasteiger partial charge in [-0.2, -0.15) is 0 Å². The smallest absolute Gasteiger partial charge is 0.317 e. The fourth-order valence-electron chi connectivity index (χ4n) is 2.66. The van der Waals surface area contributed by atoms with Crippen molar-refractivity contribution in [2.75, 3.05) is 7.05 Å². The standard InChI is InChI=1S/C16H22N2O3/c1-11-3-5-12(6-4-11)10-18(2)16(21)17-14-8-7-13(9-14)15(19)20/h3-6,13-14H,7-10H2,1-2H3,(H,17,21)(H,19,20)/t13-,14+/m1/s1. The number of carbonyl (C=O) groups excluding carboxylic acids is 1. The Morgan fingerprint density at radius 2 is 1.95 bits per heavy atom. The first-order chi connectivity index (χ1) is 9.95. The Labute approximate surface area is 125 Å². The molecule has 0 unspecified atom stereocenters. The Bertz CT molecular complexity index is 513. The Morgan fingerprint density at radius 3 is 2.52 bits per heavy atom. The average molecular weight is 290 g/mol. The van der Waals surface area contributed by atoms with Gasteiger partial charge in [-0.15, -0.1) is 0 Å². The van der Waals surface area contributed by atoms with Crippen LogP contribution in [-0.4, -0.2) is 35.1 Å². The number of carboxylic acid groups (broad SMARTS) is 1. The maximum Gasteiger partial charge on any atom is 0.317 e. The van der Waals surface area contributed by atoms with Gasteiger partial charge >= 0.3 is 12.0 Å². The predicted octanol–water partition coefficient (Wildman–Crippen LogP) is 2.39. The van der Waals surface area contributed by atoms with Crippen LogP contribution in [0, 0.1) is 12.8 Å². The van der Waals surface area contributed by atoms with Crippen molar-refractivity contribution < 1.29 is 14.7 Å². The summed E-state index contributed by atoms with van der Waals surface area (Å²) in [5.41, 5.74) is 2.27. The summed E-state index contributed by atoms with van der Waals surface area (Å²) in [6, 6.07) is 7.89. The van der Waals surface area contributed by atoms with Crippen molar-refractivity contribution in [3.8, 4) is 0 Å². The van der Waals surface area contributed by atoms with Crippen molar-refractivity contribution in [3.63, 3.8) is 0 Å². The Kier molecular flexibility index (Phi) is 4.83. The van der Waals surface area contributed by atoms with E-state index in [2.05, 4.69) is 5.32 Å². The number of hydrogen-bond donors (Lipinski definition) is 2. The average Bonchev–Trinajstić information content (AvgIpc) is 2.90. The number of carboxylic acids is 1. The van der Waals surface area contributed by atoms with E-state index in [4.69, 9.17) is 5.11 Å². The van der Waals surface area contributed by atoms with Crippen molar-refractivity contribution in [3.05, 3.63) is 35.4 Å². The molecule has 2 rings (SSSR count).